The Hall–Kier alpha value is -0.520. The molecule has 1 atom stereocenters. The van der Waals surface area contributed by atoms with Crippen molar-refractivity contribution in [2.45, 2.75) is 23.6 Å². The average Bonchev–Trinajstić information content (AvgIpc) is 2.68. The zero-order chi connectivity index (χ0) is 11.3. The highest BCUT2D eigenvalue weighted by Gasteiger charge is 2.30. The summed E-state index contributed by atoms with van der Waals surface area (Å²) >= 11 is 3.22. The molecule has 0 radical (unpaired) electrons. The molecule has 0 spiro atoms. The number of ether oxygens (including phenoxy) is 1. The van der Waals surface area contributed by atoms with E-state index < -0.39 is 5.54 Å². The lowest BCUT2D eigenvalue weighted by molar-refractivity contribution is -0.148. The van der Waals surface area contributed by atoms with Gasteiger partial charge in [-0.25, -0.2) is 0 Å². The number of carbonyl (C=O) groups excluding carboxylic acids is 1. The molecule has 0 aliphatic carbocycles. The Morgan fingerprint density at radius 1 is 1.73 bits per heavy atom. The van der Waals surface area contributed by atoms with Gasteiger partial charge >= 0.3 is 5.97 Å². The van der Waals surface area contributed by atoms with Crippen LogP contribution in [0.2, 0.25) is 0 Å². The van der Waals surface area contributed by atoms with Gasteiger partial charge in [-0.15, -0.1) is 23.1 Å². The van der Waals surface area contributed by atoms with Gasteiger partial charge in [-0.1, -0.05) is 6.07 Å². The summed E-state index contributed by atoms with van der Waals surface area (Å²) in [5.41, 5.74) is 4.96. The van der Waals surface area contributed by atoms with Gasteiger partial charge < -0.3 is 10.5 Å². The molecule has 0 fully saturated rings. The van der Waals surface area contributed by atoms with E-state index in [1.807, 2.05) is 17.5 Å². The van der Waals surface area contributed by atoms with E-state index in [-0.39, 0.29) is 5.97 Å². The number of nitrogens with two attached hydrogens (primary N) is 1. The van der Waals surface area contributed by atoms with Crippen LogP contribution in [-0.4, -0.2) is 23.9 Å². The number of hydrogen-bond donors (Lipinski definition) is 1. The van der Waals surface area contributed by atoms with Crippen molar-refractivity contribution in [1.29, 1.82) is 0 Å². The minimum atomic E-state index is -0.912. The molecule has 5 heteroatoms. The van der Waals surface area contributed by atoms with Crippen LogP contribution in [0, 0.1) is 0 Å². The topological polar surface area (TPSA) is 52.3 Å². The van der Waals surface area contributed by atoms with Gasteiger partial charge in [0.15, 0.2) is 0 Å². The van der Waals surface area contributed by atoms with Gasteiger partial charge in [-0.05, 0) is 25.3 Å². The smallest absolute Gasteiger partial charge is 0.326 e. The summed E-state index contributed by atoms with van der Waals surface area (Å²) < 4.78 is 6.07. The molecule has 0 amide bonds. The zero-order valence-corrected chi connectivity index (χ0v) is 10.5. The first-order chi connectivity index (χ1) is 7.06. The van der Waals surface area contributed by atoms with Crippen molar-refractivity contribution >= 4 is 29.1 Å². The molecule has 15 heavy (non-hydrogen) atoms. The van der Waals surface area contributed by atoms with E-state index in [4.69, 9.17) is 10.5 Å². The Labute approximate surface area is 98.0 Å². The molecular formula is C10H15NO2S2. The molecule has 1 aromatic rings. The van der Waals surface area contributed by atoms with E-state index in [1.54, 1.807) is 36.9 Å². The molecule has 0 saturated carbocycles. The van der Waals surface area contributed by atoms with E-state index in [9.17, 15) is 4.79 Å². The highest BCUT2D eigenvalue weighted by atomic mass is 32.2. The van der Waals surface area contributed by atoms with Gasteiger partial charge in [-0.2, -0.15) is 0 Å². The van der Waals surface area contributed by atoms with Crippen molar-refractivity contribution in [3.63, 3.8) is 0 Å². The van der Waals surface area contributed by atoms with E-state index in [1.165, 1.54) is 0 Å². The average molecular weight is 245 g/mol. The zero-order valence-electron chi connectivity index (χ0n) is 8.86. The van der Waals surface area contributed by atoms with Crippen molar-refractivity contribution < 1.29 is 9.53 Å². The first-order valence-electron chi connectivity index (χ1n) is 4.68. The van der Waals surface area contributed by atoms with Crippen LogP contribution >= 0.6 is 23.1 Å². The maximum Gasteiger partial charge on any atom is 0.326 e. The van der Waals surface area contributed by atoms with Gasteiger partial charge in [0.1, 0.15) is 5.54 Å². The summed E-state index contributed by atoms with van der Waals surface area (Å²) in [6.07, 6.45) is 0. The maximum atomic E-state index is 11.5. The summed E-state index contributed by atoms with van der Waals surface area (Å²) in [4.78, 5) is 11.5. The summed E-state index contributed by atoms with van der Waals surface area (Å²) in [6, 6.07) is 3.99. The molecule has 2 N–H and O–H groups in total. The number of rotatable bonds is 5. The fourth-order valence-electron chi connectivity index (χ4n) is 0.922. The van der Waals surface area contributed by atoms with Crippen LogP contribution < -0.4 is 5.73 Å². The van der Waals surface area contributed by atoms with Gasteiger partial charge in [0.25, 0.3) is 0 Å². The molecule has 1 rings (SSSR count). The van der Waals surface area contributed by atoms with Crippen molar-refractivity contribution in [3.8, 4) is 0 Å². The van der Waals surface area contributed by atoms with Gasteiger partial charge in [0.2, 0.25) is 0 Å². The molecule has 0 aliphatic rings. The van der Waals surface area contributed by atoms with E-state index in [2.05, 4.69) is 0 Å². The molecule has 3 nitrogen and oxygen atoms in total. The first kappa shape index (κ1) is 12.5. The summed E-state index contributed by atoms with van der Waals surface area (Å²) in [5.74, 6) is 0.195. The fourth-order valence-corrected chi connectivity index (χ4v) is 2.72. The molecule has 0 aromatic carbocycles. The van der Waals surface area contributed by atoms with E-state index in [0.717, 1.165) is 4.21 Å². The maximum absolute atomic E-state index is 11.5. The predicted octanol–water partition coefficient (Wildman–Crippen LogP) is 2.12. The van der Waals surface area contributed by atoms with Crippen molar-refractivity contribution in [3.05, 3.63) is 17.5 Å². The first-order valence-corrected chi connectivity index (χ1v) is 6.55. The van der Waals surface area contributed by atoms with Crippen LogP contribution in [0.5, 0.6) is 0 Å². The molecule has 1 unspecified atom stereocenters. The lowest BCUT2D eigenvalue weighted by atomic mass is 10.1. The SMILES string of the molecule is CCOC(=O)C(C)(N)CSc1cccs1. The van der Waals surface area contributed by atoms with Crippen LogP contribution in [0.3, 0.4) is 0 Å². The second kappa shape index (κ2) is 5.53. The minimum Gasteiger partial charge on any atom is -0.465 e. The largest absolute Gasteiger partial charge is 0.465 e. The third-order valence-electron chi connectivity index (χ3n) is 1.75. The Balaban J connectivity index is 2.45. The summed E-state index contributed by atoms with van der Waals surface area (Å²) in [7, 11) is 0. The number of esters is 1. The Bertz CT molecular complexity index is 309. The van der Waals surface area contributed by atoms with Crippen LogP contribution in [-0.2, 0) is 9.53 Å². The van der Waals surface area contributed by atoms with Gasteiger partial charge in [0.05, 0.1) is 10.8 Å². The highest BCUT2D eigenvalue weighted by Crippen LogP contribution is 2.26. The third kappa shape index (κ3) is 3.85. The van der Waals surface area contributed by atoms with Gasteiger partial charge in [0, 0.05) is 5.75 Å². The van der Waals surface area contributed by atoms with Gasteiger partial charge in [-0.3, -0.25) is 4.79 Å². The quantitative estimate of drug-likeness (QED) is 0.638. The second-order valence-corrected chi connectivity index (χ2v) is 5.58. The van der Waals surface area contributed by atoms with Crippen LogP contribution in [0.25, 0.3) is 0 Å². The van der Waals surface area contributed by atoms with Crippen molar-refractivity contribution in [2.75, 3.05) is 12.4 Å². The Morgan fingerprint density at radius 3 is 3.00 bits per heavy atom. The van der Waals surface area contributed by atoms with Crippen molar-refractivity contribution in [1.82, 2.24) is 0 Å². The van der Waals surface area contributed by atoms with E-state index >= 15 is 0 Å². The summed E-state index contributed by atoms with van der Waals surface area (Å²) in [5, 5.41) is 2.00. The number of thioether (sulfide) groups is 1. The lowest BCUT2D eigenvalue weighted by Crippen LogP contribution is -2.48. The fraction of sp³-hybridized carbons (Fsp3) is 0.500. The highest BCUT2D eigenvalue weighted by molar-refractivity contribution is 8.01. The number of hydrogen-bond acceptors (Lipinski definition) is 5. The normalized spacial score (nSPS) is 14.6. The predicted molar refractivity (Wildman–Crippen MR) is 64.3 cm³/mol. The molecule has 1 heterocycles. The molecule has 84 valence electrons. The van der Waals surface area contributed by atoms with Crippen LogP contribution in [0.1, 0.15) is 13.8 Å². The molecule has 0 saturated heterocycles. The molecule has 1 aromatic heterocycles. The van der Waals surface area contributed by atoms with Crippen LogP contribution in [0.4, 0.5) is 0 Å². The third-order valence-corrected chi connectivity index (χ3v) is 4.22. The number of thiophene rings is 1. The Kier molecular flexibility index (Phi) is 4.63. The molecule has 0 bridgehead atoms. The molecular weight excluding hydrogens is 230 g/mol. The molecule has 0 aliphatic heterocycles. The summed E-state index contributed by atoms with van der Waals surface area (Å²) in [6.45, 7) is 3.85. The second-order valence-electron chi connectivity index (χ2n) is 3.36. The number of carbonyl (C=O) groups is 1. The van der Waals surface area contributed by atoms with Crippen molar-refractivity contribution in [2.24, 2.45) is 5.73 Å². The Morgan fingerprint density at radius 2 is 2.47 bits per heavy atom. The van der Waals surface area contributed by atoms with E-state index in [0.29, 0.717) is 12.4 Å². The lowest BCUT2D eigenvalue weighted by Gasteiger charge is -2.21. The monoisotopic (exact) mass is 245 g/mol. The minimum absolute atomic E-state index is 0.339. The standard InChI is InChI=1S/C10H15NO2S2/c1-3-13-9(12)10(2,11)7-15-8-5-4-6-14-8/h4-6H,3,7,11H2,1-2H3. The van der Waals surface area contributed by atoms with Crippen LogP contribution in [0.15, 0.2) is 21.7 Å².